The van der Waals surface area contributed by atoms with Crippen molar-refractivity contribution in [3.8, 4) is 0 Å². The summed E-state index contributed by atoms with van der Waals surface area (Å²) in [6, 6.07) is 11.5. The van der Waals surface area contributed by atoms with Crippen LogP contribution in [0.2, 0.25) is 5.02 Å². The van der Waals surface area contributed by atoms with E-state index in [4.69, 9.17) is 17.3 Å². The molecule has 4 heteroatoms. The first-order valence-electron chi connectivity index (χ1n) is 5.04. The molecule has 1 nitrogen and oxygen atoms in total. The minimum absolute atomic E-state index is 0.366. The molecule has 17 heavy (non-hydrogen) atoms. The summed E-state index contributed by atoms with van der Waals surface area (Å²) in [4.78, 5) is 0. The van der Waals surface area contributed by atoms with Crippen LogP contribution in [0.15, 0.2) is 46.9 Å². The topological polar surface area (TPSA) is 26.0 Å². The molecule has 0 aromatic heterocycles. The molecule has 2 aromatic carbocycles. The third kappa shape index (κ3) is 2.68. The number of hydrogen-bond acceptors (Lipinski definition) is 1. The number of rotatable bonds is 2. The maximum absolute atomic E-state index is 13.7. The maximum atomic E-state index is 13.7. The first-order chi connectivity index (χ1) is 8.09. The Bertz CT molecular complexity index is 545. The van der Waals surface area contributed by atoms with Crippen molar-refractivity contribution >= 4 is 27.5 Å². The summed E-state index contributed by atoms with van der Waals surface area (Å²) in [6.07, 6.45) is 0. The Hall–Kier alpha value is -0.900. The summed E-state index contributed by atoms with van der Waals surface area (Å²) < 4.78 is 14.6. The SMILES string of the molecule is NC(c1ccc(Cl)cc1F)c1ccccc1Br. The number of halogens is 3. The van der Waals surface area contributed by atoms with Gasteiger partial charge in [0, 0.05) is 15.1 Å². The standard InChI is InChI=1S/C13H10BrClFN/c14-11-4-2-1-3-9(11)13(17)10-6-5-8(15)7-12(10)16/h1-7,13H,17H2. The molecule has 2 aromatic rings. The fourth-order valence-electron chi connectivity index (χ4n) is 1.65. The van der Waals surface area contributed by atoms with Crippen LogP contribution < -0.4 is 5.73 Å². The number of hydrogen-bond donors (Lipinski definition) is 1. The van der Waals surface area contributed by atoms with E-state index in [1.165, 1.54) is 6.07 Å². The summed E-state index contributed by atoms with van der Waals surface area (Å²) in [5, 5.41) is 0.366. The Morgan fingerprint density at radius 3 is 2.47 bits per heavy atom. The predicted octanol–water partition coefficient (Wildman–Crippen LogP) is 4.29. The van der Waals surface area contributed by atoms with E-state index in [1.807, 2.05) is 24.3 Å². The van der Waals surface area contributed by atoms with E-state index in [9.17, 15) is 4.39 Å². The van der Waals surface area contributed by atoms with Gasteiger partial charge in [-0.05, 0) is 23.8 Å². The van der Waals surface area contributed by atoms with Gasteiger partial charge in [-0.1, -0.05) is 51.8 Å². The second-order valence-electron chi connectivity index (χ2n) is 3.67. The van der Waals surface area contributed by atoms with Crippen molar-refractivity contribution in [2.45, 2.75) is 6.04 Å². The lowest BCUT2D eigenvalue weighted by Gasteiger charge is -2.15. The Morgan fingerprint density at radius 1 is 1.12 bits per heavy atom. The minimum atomic E-state index is -0.511. The van der Waals surface area contributed by atoms with Gasteiger partial charge in [0.1, 0.15) is 5.82 Å². The van der Waals surface area contributed by atoms with Gasteiger partial charge in [0.15, 0.2) is 0 Å². The average Bonchev–Trinajstić information content (AvgIpc) is 2.29. The number of benzene rings is 2. The molecule has 1 atom stereocenters. The van der Waals surface area contributed by atoms with Crippen LogP contribution in [0.5, 0.6) is 0 Å². The van der Waals surface area contributed by atoms with Crippen molar-refractivity contribution in [2.24, 2.45) is 5.73 Å². The van der Waals surface area contributed by atoms with Crippen molar-refractivity contribution in [3.63, 3.8) is 0 Å². The van der Waals surface area contributed by atoms with Gasteiger partial charge in [0.2, 0.25) is 0 Å². The van der Waals surface area contributed by atoms with Gasteiger partial charge in [-0.3, -0.25) is 0 Å². The molecule has 0 amide bonds. The lowest BCUT2D eigenvalue weighted by molar-refractivity contribution is 0.599. The Kier molecular flexibility index (Phi) is 3.82. The number of nitrogens with two attached hydrogens (primary N) is 1. The Morgan fingerprint density at radius 2 is 1.82 bits per heavy atom. The summed E-state index contributed by atoms with van der Waals surface area (Å²) in [7, 11) is 0. The van der Waals surface area contributed by atoms with E-state index in [0.717, 1.165) is 10.0 Å². The Balaban J connectivity index is 2.44. The zero-order valence-corrected chi connectivity index (χ0v) is 11.2. The normalized spacial score (nSPS) is 12.5. The molecule has 0 saturated heterocycles. The molecule has 0 aliphatic rings. The monoisotopic (exact) mass is 313 g/mol. The first kappa shape index (κ1) is 12.6. The van der Waals surface area contributed by atoms with Crippen LogP contribution in [0.25, 0.3) is 0 Å². The van der Waals surface area contributed by atoms with Crippen LogP contribution in [0.4, 0.5) is 4.39 Å². The largest absolute Gasteiger partial charge is 0.320 e. The van der Waals surface area contributed by atoms with Gasteiger partial charge < -0.3 is 5.73 Å². The van der Waals surface area contributed by atoms with Gasteiger partial charge in [-0.25, -0.2) is 4.39 Å². The zero-order chi connectivity index (χ0) is 12.4. The summed E-state index contributed by atoms with van der Waals surface area (Å²) in [5.74, 6) is -0.388. The predicted molar refractivity (Wildman–Crippen MR) is 71.6 cm³/mol. The summed E-state index contributed by atoms with van der Waals surface area (Å²) >= 11 is 9.11. The van der Waals surface area contributed by atoms with Crippen LogP contribution in [0.3, 0.4) is 0 Å². The molecule has 0 radical (unpaired) electrons. The maximum Gasteiger partial charge on any atom is 0.129 e. The molecule has 2 N–H and O–H groups in total. The molecular weight excluding hydrogens is 305 g/mol. The molecule has 0 aliphatic heterocycles. The second-order valence-corrected chi connectivity index (χ2v) is 4.96. The van der Waals surface area contributed by atoms with Crippen LogP contribution >= 0.6 is 27.5 Å². The van der Waals surface area contributed by atoms with Crippen LogP contribution in [-0.2, 0) is 0 Å². The summed E-state index contributed by atoms with van der Waals surface area (Å²) in [5.41, 5.74) is 7.33. The fourth-order valence-corrected chi connectivity index (χ4v) is 2.34. The zero-order valence-electron chi connectivity index (χ0n) is 8.83. The second kappa shape index (κ2) is 5.17. The van der Waals surface area contributed by atoms with Crippen molar-refractivity contribution in [3.05, 3.63) is 68.9 Å². The van der Waals surface area contributed by atoms with E-state index in [1.54, 1.807) is 12.1 Å². The van der Waals surface area contributed by atoms with Crippen LogP contribution in [0, 0.1) is 5.82 Å². The lowest BCUT2D eigenvalue weighted by Crippen LogP contribution is -2.14. The molecule has 0 saturated carbocycles. The van der Waals surface area contributed by atoms with E-state index < -0.39 is 6.04 Å². The molecule has 0 aliphatic carbocycles. The molecule has 0 spiro atoms. The molecular formula is C13H10BrClFN. The third-order valence-electron chi connectivity index (χ3n) is 2.54. The van der Waals surface area contributed by atoms with Crippen molar-refractivity contribution in [2.75, 3.05) is 0 Å². The van der Waals surface area contributed by atoms with Gasteiger partial charge in [-0.2, -0.15) is 0 Å². The average molecular weight is 315 g/mol. The highest BCUT2D eigenvalue weighted by molar-refractivity contribution is 9.10. The van der Waals surface area contributed by atoms with Gasteiger partial charge in [-0.15, -0.1) is 0 Å². The van der Waals surface area contributed by atoms with Crippen LogP contribution in [-0.4, -0.2) is 0 Å². The molecule has 2 rings (SSSR count). The highest BCUT2D eigenvalue weighted by atomic mass is 79.9. The minimum Gasteiger partial charge on any atom is -0.320 e. The van der Waals surface area contributed by atoms with Crippen LogP contribution in [0.1, 0.15) is 17.2 Å². The van der Waals surface area contributed by atoms with Crippen molar-refractivity contribution < 1.29 is 4.39 Å². The third-order valence-corrected chi connectivity index (χ3v) is 3.50. The van der Waals surface area contributed by atoms with Crippen molar-refractivity contribution in [1.29, 1.82) is 0 Å². The van der Waals surface area contributed by atoms with Crippen molar-refractivity contribution in [1.82, 2.24) is 0 Å². The van der Waals surface area contributed by atoms with E-state index in [2.05, 4.69) is 15.9 Å². The highest BCUT2D eigenvalue weighted by Gasteiger charge is 2.15. The molecule has 88 valence electrons. The quantitative estimate of drug-likeness (QED) is 0.879. The van der Waals surface area contributed by atoms with E-state index in [0.29, 0.717) is 10.6 Å². The molecule has 1 unspecified atom stereocenters. The fraction of sp³-hybridized carbons (Fsp3) is 0.0769. The van der Waals surface area contributed by atoms with Gasteiger partial charge >= 0.3 is 0 Å². The first-order valence-corrected chi connectivity index (χ1v) is 6.21. The van der Waals surface area contributed by atoms with E-state index in [-0.39, 0.29) is 5.82 Å². The summed E-state index contributed by atoms with van der Waals surface area (Å²) in [6.45, 7) is 0. The molecule has 0 fully saturated rings. The molecule has 0 bridgehead atoms. The van der Waals surface area contributed by atoms with Gasteiger partial charge in [0.05, 0.1) is 6.04 Å². The lowest BCUT2D eigenvalue weighted by atomic mass is 9.99. The smallest absolute Gasteiger partial charge is 0.129 e. The Labute approximate surface area is 113 Å². The van der Waals surface area contributed by atoms with E-state index >= 15 is 0 Å². The highest BCUT2D eigenvalue weighted by Crippen LogP contribution is 2.29. The molecule has 0 heterocycles. The van der Waals surface area contributed by atoms with Gasteiger partial charge in [0.25, 0.3) is 0 Å².